The van der Waals surface area contributed by atoms with E-state index in [4.69, 9.17) is 18.0 Å². The monoisotopic (exact) mass is 289 g/mol. The lowest BCUT2D eigenvalue weighted by Crippen LogP contribution is -2.52. The van der Waals surface area contributed by atoms with E-state index in [9.17, 15) is 9.59 Å². The summed E-state index contributed by atoms with van der Waals surface area (Å²) in [5.41, 5.74) is 8.89. The van der Waals surface area contributed by atoms with Crippen LogP contribution in [0.5, 0.6) is 0 Å². The smallest absolute Gasteiger partial charge is 0.249 e. The molecule has 3 N–H and O–H groups in total. The predicted octanol–water partition coefficient (Wildman–Crippen LogP) is 0.442. The van der Waals surface area contributed by atoms with Crippen LogP contribution in [0.2, 0.25) is 0 Å². The fourth-order valence-corrected chi connectivity index (χ4v) is 3.22. The second-order valence-corrected chi connectivity index (χ2v) is 5.43. The minimum Gasteiger partial charge on any atom is -0.346 e. The summed E-state index contributed by atoms with van der Waals surface area (Å²) in [7, 11) is 0. The third-order valence-electron chi connectivity index (χ3n) is 3.90. The Bertz CT molecular complexity index is 614. The number of nitrogens with two attached hydrogens (primary N) is 1. The van der Waals surface area contributed by atoms with E-state index in [2.05, 4.69) is 5.32 Å². The van der Waals surface area contributed by atoms with Gasteiger partial charge in [0.05, 0.1) is 0 Å². The van der Waals surface area contributed by atoms with E-state index in [1.54, 1.807) is 0 Å². The Labute approximate surface area is 122 Å². The molecule has 104 valence electrons. The fourth-order valence-electron chi connectivity index (χ4n) is 2.84. The van der Waals surface area contributed by atoms with Crippen LogP contribution in [0.15, 0.2) is 18.2 Å². The number of thiocarbonyl (C=S) groups is 1. The first-order chi connectivity index (χ1) is 9.61. The van der Waals surface area contributed by atoms with E-state index >= 15 is 0 Å². The Balaban J connectivity index is 1.90. The molecule has 6 heteroatoms. The van der Waals surface area contributed by atoms with Crippen molar-refractivity contribution in [1.29, 1.82) is 0 Å². The van der Waals surface area contributed by atoms with Crippen molar-refractivity contribution in [3.8, 4) is 0 Å². The molecule has 3 rings (SSSR count). The number of hydrogen-bond acceptors (Lipinski definition) is 4. The minimum atomic E-state index is -0.363. The number of nitrogens with zero attached hydrogens (tertiary/aromatic N) is 1. The van der Waals surface area contributed by atoms with E-state index in [0.29, 0.717) is 30.9 Å². The molecule has 0 aliphatic carbocycles. The van der Waals surface area contributed by atoms with Crippen molar-refractivity contribution in [3.05, 3.63) is 34.9 Å². The number of nitrogens with one attached hydrogen (secondary N) is 1. The number of amides is 2. The van der Waals surface area contributed by atoms with Crippen LogP contribution < -0.4 is 11.1 Å². The van der Waals surface area contributed by atoms with Crippen LogP contribution in [0.3, 0.4) is 0 Å². The number of carbonyl (C=O) groups is 2. The molecule has 1 aromatic rings. The third kappa shape index (κ3) is 2.01. The Kier molecular flexibility index (Phi) is 3.27. The molecule has 5 nitrogen and oxygen atoms in total. The fraction of sp³-hybridized carbons (Fsp3) is 0.357. The average molecular weight is 289 g/mol. The Hall–Kier alpha value is -1.79. The van der Waals surface area contributed by atoms with Gasteiger partial charge in [0.1, 0.15) is 11.0 Å². The van der Waals surface area contributed by atoms with E-state index in [1.165, 1.54) is 0 Å². The summed E-state index contributed by atoms with van der Waals surface area (Å²) >= 11 is 5.49. The highest BCUT2D eigenvalue weighted by molar-refractivity contribution is 7.80. The standard InChI is InChI=1S/C14H15N3O2S/c15-6-8-2-1-3-9-10(8)7-17(14(9)20)11-4-5-12(18)16-13(11)19/h1-3,11H,4-7,15H2,(H,16,18,19). The van der Waals surface area contributed by atoms with Crippen molar-refractivity contribution in [2.45, 2.75) is 32.0 Å². The number of piperidine rings is 1. The number of hydrogen-bond donors (Lipinski definition) is 2. The van der Waals surface area contributed by atoms with Gasteiger partial charge in [-0.3, -0.25) is 14.9 Å². The molecule has 0 bridgehead atoms. The van der Waals surface area contributed by atoms with Gasteiger partial charge in [-0.2, -0.15) is 0 Å². The molecule has 1 atom stereocenters. The lowest BCUT2D eigenvalue weighted by Gasteiger charge is -2.30. The summed E-state index contributed by atoms with van der Waals surface area (Å²) in [5.74, 6) is -0.470. The zero-order valence-electron chi connectivity index (χ0n) is 10.9. The molecule has 1 unspecified atom stereocenters. The van der Waals surface area contributed by atoms with Gasteiger partial charge in [-0.1, -0.05) is 30.4 Å². The highest BCUT2D eigenvalue weighted by Crippen LogP contribution is 2.30. The maximum atomic E-state index is 12.0. The predicted molar refractivity (Wildman–Crippen MR) is 77.7 cm³/mol. The summed E-state index contributed by atoms with van der Waals surface area (Å²) in [5, 5.41) is 2.38. The molecule has 0 saturated carbocycles. The number of fused-ring (bicyclic) bond motifs is 1. The topological polar surface area (TPSA) is 75.4 Å². The van der Waals surface area contributed by atoms with Gasteiger partial charge in [-0.25, -0.2) is 0 Å². The van der Waals surface area contributed by atoms with Crippen molar-refractivity contribution in [2.75, 3.05) is 0 Å². The molecule has 1 fully saturated rings. The average Bonchev–Trinajstić information content (AvgIpc) is 2.76. The molecule has 2 aliphatic rings. The van der Waals surface area contributed by atoms with E-state index in [0.717, 1.165) is 16.7 Å². The van der Waals surface area contributed by atoms with Gasteiger partial charge < -0.3 is 10.6 Å². The zero-order valence-corrected chi connectivity index (χ0v) is 11.7. The molecule has 0 radical (unpaired) electrons. The first kappa shape index (κ1) is 13.2. The third-order valence-corrected chi connectivity index (χ3v) is 4.35. The molecule has 1 saturated heterocycles. The molecule has 2 heterocycles. The molecular formula is C14H15N3O2S. The summed E-state index contributed by atoms with van der Waals surface area (Å²) in [6.07, 6.45) is 0.867. The lowest BCUT2D eigenvalue weighted by molar-refractivity contribution is -0.136. The number of carbonyl (C=O) groups excluding carboxylic acids is 2. The normalized spacial score (nSPS) is 21.9. The maximum absolute atomic E-state index is 12.0. The molecule has 2 aliphatic heterocycles. The lowest BCUT2D eigenvalue weighted by atomic mass is 10.0. The highest BCUT2D eigenvalue weighted by Gasteiger charge is 2.37. The second kappa shape index (κ2) is 4.96. The van der Waals surface area contributed by atoms with Gasteiger partial charge in [0.25, 0.3) is 0 Å². The minimum absolute atomic E-state index is 0.212. The summed E-state index contributed by atoms with van der Waals surface area (Å²) in [6.45, 7) is 1.04. The quantitative estimate of drug-likeness (QED) is 0.610. The van der Waals surface area contributed by atoms with Crippen molar-refractivity contribution >= 4 is 29.0 Å². The molecule has 0 aromatic heterocycles. The van der Waals surface area contributed by atoms with Gasteiger partial charge in [0.2, 0.25) is 11.8 Å². The first-order valence-corrected chi connectivity index (χ1v) is 6.98. The van der Waals surface area contributed by atoms with Crippen LogP contribution in [-0.2, 0) is 22.7 Å². The van der Waals surface area contributed by atoms with Gasteiger partial charge in [-0.05, 0) is 17.5 Å². The molecule has 1 aromatic carbocycles. The Morgan fingerprint density at radius 1 is 1.40 bits per heavy atom. The zero-order chi connectivity index (χ0) is 14.3. The van der Waals surface area contributed by atoms with Gasteiger partial charge >= 0.3 is 0 Å². The Morgan fingerprint density at radius 3 is 2.90 bits per heavy atom. The van der Waals surface area contributed by atoms with Crippen LogP contribution in [0.25, 0.3) is 0 Å². The summed E-state index contributed by atoms with van der Waals surface area (Å²) in [6, 6.07) is 5.51. The summed E-state index contributed by atoms with van der Waals surface area (Å²) in [4.78, 5) is 25.8. The van der Waals surface area contributed by atoms with Crippen LogP contribution in [0.1, 0.15) is 29.5 Å². The van der Waals surface area contributed by atoms with E-state index in [-0.39, 0.29) is 17.9 Å². The van der Waals surface area contributed by atoms with E-state index < -0.39 is 0 Å². The second-order valence-electron chi connectivity index (χ2n) is 5.05. The van der Waals surface area contributed by atoms with Gasteiger partial charge in [-0.15, -0.1) is 0 Å². The van der Waals surface area contributed by atoms with Crippen LogP contribution in [0.4, 0.5) is 0 Å². The molecular weight excluding hydrogens is 274 g/mol. The largest absolute Gasteiger partial charge is 0.346 e. The molecule has 20 heavy (non-hydrogen) atoms. The first-order valence-electron chi connectivity index (χ1n) is 6.57. The Morgan fingerprint density at radius 2 is 2.20 bits per heavy atom. The number of benzene rings is 1. The van der Waals surface area contributed by atoms with Crippen molar-refractivity contribution in [1.82, 2.24) is 10.2 Å². The maximum Gasteiger partial charge on any atom is 0.249 e. The van der Waals surface area contributed by atoms with Crippen molar-refractivity contribution in [3.63, 3.8) is 0 Å². The SMILES string of the molecule is NCc1cccc2c1CN(C1CCC(=O)NC1=O)C2=S. The van der Waals surface area contributed by atoms with Gasteiger partial charge in [0.15, 0.2) is 0 Å². The molecule has 0 spiro atoms. The van der Waals surface area contributed by atoms with E-state index in [1.807, 2.05) is 23.1 Å². The van der Waals surface area contributed by atoms with Crippen molar-refractivity contribution < 1.29 is 9.59 Å². The number of imide groups is 1. The summed E-state index contributed by atoms with van der Waals surface area (Å²) < 4.78 is 0. The van der Waals surface area contributed by atoms with Crippen molar-refractivity contribution in [2.24, 2.45) is 5.73 Å². The highest BCUT2D eigenvalue weighted by atomic mass is 32.1. The van der Waals surface area contributed by atoms with Gasteiger partial charge in [0, 0.05) is 25.1 Å². The molecule has 2 amide bonds. The van der Waals surface area contributed by atoms with Crippen LogP contribution in [-0.4, -0.2) is 27.7 Å². The van der Waals surface area contributed by atoms with Crippen LogP contribution >= 0.6 is 12.2 Å². The number of rotatable bonds is 2. The van der Waals surface area contributed by atoms with Crippen LogP contribution in [0, 0.1) is 0 Å².